The number of aliphatic hydroxyl groups excluding tert-OH is 1. The maximum Gasteiger partial charge on any atom is 0.0953 e. The molecule has 0 atom stereocenters. The lowest BCUT2D eigenvalue weighted by atomic mass is 10.2. The van der Waals surface area contributed by atoms with Crippen LogP contribution in [-0.2, 0) is 13.2 Å². The number of aryl methyl sites for hydroxylation is 1. The van der Waals surface area contributed by atoms with Crippen molar-refractivity contribution in [3.8, 4) is 0 Å². The van der Waals surface area contributed by atoms with E-state index in [0.29, 0.717) is 5.69 Å². The molecule has 2 N–H and O–H groups in total. The van der Waals surface area contributed by atoms with E-state index in [9.17, 15) is 0 Å². The second-order valence-electron chi connectivity index (χ2n) is 3.22. The van der Waals surface area contributed by atoms with Crippen LogP contribution in [0.1, 0.15) is 17.0 Å². The molecule has 5 heteroatoms. The van der Waals surface area contributed by atoms with Crippen molar-refractivity contribution in [1.82, 2.24) is 19.7 Å². The Labute approximate surface area is 81.4 Å². The van der Waals surface area contributed by atoms with E-state index in [0.717, 1.165) is 17.8 Å². The van der Waals surface area contributed by atoms with E-state index in [1.165, 1.54) is 0 Å². The van der Waals surface area contributed by atoms with Crippen molar-refractivity contribution in [3.63, 3.8) is 0 Å². The highest BCUT2D eigenvalue weighted by Crippen LogP contribution is 2.06. The van der Waals surface area contributed by atoms with Gasteiger partial charge in [-0.05, 0) is 6.92 Å². The first-order chi connectivity index (χ1) is 6.79. The van der Waals surface area contributed by atoms with Gasteiger partial charge in [0.05, 0.1) is 31.4 Å². The average molecular weight is 192 g/mol. The van der Waals surface area contributed by atoms with E-state index in [1.807, 2.05) is 17.7 Å². The van der Waals surface area contributed by atoms with Crippen LogP contribution in [-0.4, -0.2) is 24.9 Å². The van der Waals surface area contributed by atoms with Crippen molar-refractivity contribution in [3.05, 3.63) is 35.7 Å². The fraction of sp³-hybridized carbons (Fsp3) is 0.333. The number of nitrogens with zero attached hydrogens (tertiary/aromatic N) is 3. The highest BCUT2D eigenvalue weighted by atomic mass is 16.3. The molecule has 74 valence electrons. The monoisotopic (exact) mass is 192 g/mol. The Morgan fingerprint density at radius 3 is 3.00 bits per heavy atom. The smallest absolute Gasteiger partial charge is 0.0953 e. The van der Waals surface area contributed by atoms with Gasteiger partial charge in [-0.25, -0.2) is 4.98 Å². The van der Waals surface area contributed by atoms with Gasteiger partial charge in [0.2, 0.25) is 0 Å². The topological polar surface area (TPSA) is 66.7 Å². The van der Waals surface area contributed by atoms with Crippen LogP contribution < -0.4 is 0 Å². The summed E-state index contributed by atoms with van der Waals surface area (Å²) in [6, 6.07) is 0. The molecule has 2 aromatic heterocycles. The number of hydrogen-bond donors (Lipinski definition) is 2. The zero-order valence-corrected chi connectivity index (χ0v) is 7.94. The molecule has 14 heavy (non-hydrogen) atoms. The van der Waals surface area contributed by atoms with E-state index in [1.54, 1.807) is 12.5 Å². The molecule has 0 aliphatic carbocycles. The minimum absolute atomic E-state index is 0.0165. The third-order valence-electron chi connectivity index (χ3n) is 2.14. The van der Waals surface area contributed by atoms with E-state index in [-0.39, 0.29) is 6.61 Å². The number of H-pyrrole nitrogens is 1. The molecule has 0 bridgehead atoms. The van der Waals surface area contributed by atoms with Crippen LogP contribution in [0.3, 0.4) is 0 Å². The summed E-state index contributed by atoms with van der Waals surface area (Å²) in [7, 11) is 0. The van der Waals surface area contributed by atoms with Crippen molar-refractivity contribution in [2.45, 2.75) is 20.1 Å². The minimum Gasteiger partial charge on any atom is -0.390 e. The molecule has 0 radical (unpaired) electrons. The van der Waals surface area contributed by atoms with Crippen LogP contribution in [0.25, 0.3) is 0 Å². The Morgan fingerprint density at radius 1 is 1.57 bits per heavy atom. The first kappa shape index (κ1) is 8.96. The number of imidazole rings is 1. The van der Waals surface area contributed by atoms with Crippen LogP contribution >= 0.6 is 0 Å². The second kappa shape index (κ2) is 3.63. The second-order valence-corrected chi connectivity index (χ2v) is 3.22. The fourth-order valence-corrected chi connectivity index (χ4v) is 1.31. The highest BCUT2D eigenvalue weighted by molar-refractivity contribution is 5.15. The molecule has 0 spiro atoms. The molecule has 2 aromatic rings. The number of aromatic amines is 1. The van der Waals surface area contributed by atoms with Crippen molar-refractivity contribution in [2.24, 2.45) is 0 Å². The lowest BCUT2D eigenvalue weighted by Gasteiger charge is -1.99. The van der Waals surface area contributed by atoms with E-state index in [4.69, 9.17) is 5.11 Å². The standard InChI is InChI=1S/C9H12N4O/c1-7-8(2-11-12-7)3-13-4-9(5-14)10-6-13/h2,4,6,14H,3,5H2,1H3,(H,11,12). The van der Waals surface area contributed by atoms with Gasteiger partial charge in [-0.2, -0.15) is 5.10 Å². The van der Waals surface area contributed by atoms with E-state index >= 15 is 0 Å². The fourth-order valence-electron chi connectivity index (χ4n) is 1.31. The molecular weight excluding hydrogens is 180 g/mol. The van der Waals surface area contributed by atoms with Gasteiger partial charge in [0.15, 0.2) is 0 Å². The molecule has 0 fully saturated rings. The predicted molar refractivity (Wildman–Crippen MR) is 50.6 cm³/mol. The lowest BCUT2D eigenvalue weighted by Crippen LogP contribution is -1.96. The van der Waals surface area contributed by atoms with Crippen molar-refractivity contribution >= 4 is 0 Å². The van der Waals surface area contributed by atoms with Crippen LogP contribution in [0.5, 0.6) is 0 Å². The zero-order valence-electron chi connectivity index (χ0n) is 7.94. The molecule has 2 heterocycles. The predicted octanol–water partition coefficient (Wildman–Crippen LogP) is 0.455. The minimum atomic E-state index is -0.0165. The van der Waals surface area contributed by atoms with Gasteiger partial charge < -0.3 is 9.67 Å². The molecule has 2 rings (SSSR count). The van der Waals surface area contributed by atoms with Crippen molar-refractivity contribution < 1.29 is 5.11 Å². The SMILES string of the molecule is Cc1[nH]ncc1Cn1cnc(CO)c1. The van der Waals surface area contributed by atoms with Crippen molar-refractivity contribution in [2.75, 3.05) is 0 Å². The van der Waals surface area contributed by atoms with Gasteiger partial charge in [0.25, 0.3) is 0 Å². The van der Waals surface area contributed by atoms with Gasteiger partial charge in [-0.3, -0.25) is 5.10 Å². The van der Waals surface area contributed by atoms with Crippen LogP contribution in [0.2, 0.25) is 0 Å². The summed E-state index contributed by atoms with van der Waals surface area (Å²) in [5, 5.41) is 15.7. The molecular formula is C9H12N4O. The summed E-state index contributed by atoms with van der Waals surface area (Å²) in [6.45, 7) is 2.69. The summed E-state index contributed by atoms with van der Waals surface area (Å²) < 4.78 is 1.92. The van der Waals surface area contributed by atoms with Gasteiger partial charge >= 0.3 is 0 Å². The summed E-state index contributed by atoms with van der Waals surface area (Å²) >= 11 is 0. The van der Waals surface area contributed by atoms with E-state index < -0.39 is 0 Å². The van der Waals surface area contributed by atoms with Crippen LogP contribution in [0.4, 0.5) is 0 Å². The Morgan fingerprint density at radius 2 is 2.43 bits per heavy atom. The summed E-state index contributed by atoms with van der Waals surface area (Å²) in [6.07, 6.45) is 5.33. The Bertz CT molecular complexity index is 418. The molecule has 0 saturated carbocycles. The molecule has 0 saturated heterocycles. The molecule has 0 aromatic carbocycles. The van der Waals surface area contributed by atoms with Gasteiger partial charge in [0, 0.05) is 17.5 Å². The first-order valence-corrected chi connectivity index (χ1v) is 4.40. The first-order valence-electron chi connectivity index (χ1n) is 4.40. The number of nitrogens with one attached hydrogen (secondary N) is 1. The zero-order chi connectivity index (χ0) is 9.97. The molecule has 5 nitrogen and oxygen atoms in total. The van der Waals surface area contributed by atoms with Gasteiger partial charge in [-0.15, -0.1) is 0 Å². The number of rotatable bonds is 3. The quantitative estimate of drug-likeness (QED) is 0.742. The highest BCUT2D eigenvalue weighted by Gasteiger charge is 2.02. The van der Waals surface area contributed by atoms with Gasteiger partial charge in [0.1, 0.15) is 0 Å². The van der Waals surface area contributed by atoms with Gasteiger partial charge in [-0.1, -0.05) is 0 Å². The molecule has 0 amide bonds. The number of hydrogen-bond acceptors (Lipinski definition) is 3. The maximum atomic E-state index is 8.84. The Hall–Kier alpha value is -1.62. The summed E-state index contributed by atoms with van der Waals surface area (Å²) in [5.41, 5.74) is 2.88. The molecule has 0 unspecified atom stereocenters. The summed E-state index contributed by atoms with van der Waals surface area (Å²) in [4.78, 5) is 4.03. The summed E-state index contributed by atoms with van der Waals surface area (Å²) in [5.74, 6) is 0. The lowest BCUT2D eigenvalue weighted by molar-refractivity contribution is 0.277. The Kier molecular flexibility index (Phi) is 2.32. The Balaban J connectivity index is 2.15. The third-order valence-corrected chi connectivity index (χ3v) is 2.14. The van der Waals surface area contributed by atoms with E-state index in [2.05, 4.69) is 15.2 Å². The third kappa shape index (κ3) is 1.67. The normalized spacial score (nSPS) is 10.7. The molecule has 0 aliphatic heterocycles. The largest absolute Gasteiger partial charge is 0.390 e. The maximum absolute atomic E-state index is 8.84. The number of aromatic nitrogens is 4. The van der Waals surface area contributed by atoms with Crippen molar-refractivity contribution in [1.29, 1.82) is 0 Å². The average Bonchev–Trinajstić information content (AvgIpc) is 2.77. The molecule has 0 aliphatic rings. The number of aliphatic hydroxyl groups is 1. The van der Waals surface area contributed by atoms with Crippen LogP contribution in [0.15, 0.2) is 18.7 Å². The van der Waals surface area contributed by atoms with Crippen LogP contribution in [0, 0.1) is 6.92 Å².